The number of carbonyl (C=O) groups is 1. The van der Waals surface area contributed by atoms with E-state index in [9.17, 15) is 4.79 Å². The van der Waals surface area contributed by atoms with Crippen LogP contribution in [-0.4, -0.2) is 29.1 Å². The number of rotatable bonds is 6. The number of nitrogens with one attached hydrogen (secondary N) is 1. The molecular weight excluding hydrogens is 298 g/mol. The first-order chi connectivity index (χ1) is 8.69. The molecule has 0 spiro atoms. The van der Waals surface area contributed by atoms with Gasteiger partial charge < -0.3 is 10.1 Å². The lowest BCUT2D eigenvalue weighted by atomic mass is 10.4. The van der Waals surface area contributed by atoms with Gasteiger partial charge in [-0.15, -0.1) is 0 Å². The molecule has 1 fully saturated rings. The van der Waals surface area contributed by atoms with Crippen LogP contribution in [-0.2, 0) is 9.53 Å². The van der Waals surface area contributed by atoms with Crippen molar-refractivity contribution in [3.63, 3.8) is 0 Å². The van der Waals surface area contributed by atoms with Gasteiger partial charge in [0.1, 0.15) is 16.2 Å². The number of hydrogen-bond acceptors (Lipinski definition) is 5. The molecule has 0 aromatic carbocycles. The molecule has 0 radical (unpaired) electrons. The Morgan fingerprint density at radius 2 is 2.33 bits per heavy atom. The Kier molecular flexibility index (Phi) is 4.52. The van der Waals surface area contributed by atoms with E-state index in [4.69, 9.17) is 4.74 Å². The smallest absolute Gasteiger partial charge is 0.307 e. The van der Waals surface area contributed by atoms with E-state index in [1.165, 1.54) is 12.8 Å². The van der Waals surface area contributed by atoms with Gasteiger partial charge in [-0.1, -0.05) is 0 Å². The number of ether oxygens (including phenoxy) is 1. The largest absolute Gasteiger partial charge is 0.466 e. The first kappa shape index (κ1) is 13.3. The van der Waals surface area contributed by atoms with E-state index in [0.717, 1.165) is 16.2 Å². The molecule has 1 N–H and O–H groups in total. The molecule has 0 bridgehead atoms. The summed E-state index contributed by atoms with van der Waals surface area (Å²) in [6.45, 7) is 2.74. The van der Waals surface area contributed by atoms with E-state index in [1.807, 2.05) is 6.07 Å². The van der Waals surface area contributed by atoms with Gasteiger partial charge in [0, 0.05) is 18.5 Å². The Bertz CT molecular complexity index is 435. The Morgan fingerprint density at radius 3 is 3.00 bits per heavy atom. The number of carbonyl (C=O) groups excluding carboxylic acids is 1. The van der Waals surface area contributed by atoms with Crippen molar-refractivity contribution in [2.75, 3.05) is 18.5 Å². The summed E-state index contributed by atoms with van der Waals surface area (Å²) in [6.07, 6.45) is 2.67. The van der Waals surface area contributed by atoms with Gasteiger partial charge in [-0.2, -0.15) is 0 Å². The zero-order valence-corrected chi connectivity index (χ0v) is 11.9. The normalized spacial score (nSPS) is 14.3. The fraction of sp³-hybridized carbons (Fsp3) is 0.583. The SMILES string of the molecule is CCOC(=O)CCNc1cc(Br)nc(C2CC2)n1. The van der Waals surface area contributed by atoms with Gasteiger partial charge in [-0.25, -0.2) is 9.97 Å². The molecule has 18 heavy (non-hydrogen) atoms. The van der Waals surface area contributed by atoms with E-state index >= 15 is 0 Å². The first-order valence-electron chi connectivity index (χ1n) is 6.13. The fourth-order valence-electron chi connectivity index (χ4n) is 1.58. The highest BCUT2D eigenvalue weighted by atomic mass is 79.9. The number of halogens is 1. The maximum Gasteiger partial charge on any atom is 0.307 e. The number of anilines is 1. The van der Waals surface area contributed by atoms with Gasteiger partial charge in [0.15, 0.2) is 0 Å². The van der Waals surface area contributed by atoms with Crippen LogP contribution in [0.1, 0.15) is 37.9 Å². The first-order valence-corrected chi connectivity index (χ1v) is 6.92. The van der Waals surface area contributed by atoms with Crippen LogP contribution in [0.2, 0.25) is 0 Å². The van der Waals surface area contributed by atoms with Crippen molar-refractivity contribution in [1.82, 2.24) is 9.97 Å². The second-order valence-corrected chi connectivity index (χ2v) is 5.00. The summed E-state index contributed by atoms with van der Waals surface area (Å²) in [5.41, 5.74) is 0. The molecule has 0 unspecified atom stereocenters. The molecule has 0 aliphatic heterocycles. The lowest BCUT2D eigenvalue weighted by Gasteiger charge is -2.07. The third-order valence-electron chi connectivity index (χ3n) is 2.60. The van der Waals surface area contributed by atoms with E-state index in [2.05, 4.69) is 31.2 Å². The quantitative estimate of drug-likeness (QED) is 0.645. The maximum atomic E-state index is 11.2. The molecule has 1 aliphatic rings. The predicted octanol–water partition coefficient (Wildman–Crippen LogP) is 2.48. The average Bonchev–Trinajstić information content (AvgIpc) is 3.12. The monoisotopic (exact) mass is 313 g/mol. The second-order valence-electron chi connectivity index (χ2n) is 4.19. The molecule has 1 aromatic heterocycles. The van der Waals surface area contributed by atoms with E-state index in [0.29, 0.717) is 25.5 Å². The van der Waals surface area contributed by atoms with Crippen LogP contribution in [0.3, 0.4) is 0 Å². The summed E-state index contributed by atoms with van der Waals surface area (Å²) in [7, 11) is 0. The molecule has 0 atom stereocenters. The summed E-state index contributed by atoms with van der Waals surface area (Å²) in [5, 5.41) is 3.12. The molecule has 5 nitrogen and oxygen atoms in total. The molecule has 1 heterocycles. The summed E-state index contributed by atoms with van der Waals surface area (Å²) >= 11 is 3.37. The summed E-state index contributed by atoms with van der Waals surface area (Å²) < 4.78 is 5.63. The van der Waals surface area contributed by atoms with Gasteiger partial charge >= 0.3 is 5.97 Å². The molecule has 0 amide bonds. The molecule has 2 rings (SSSR count). The minimum absolute atomic E-state index is 0.194. The third kappa shape index (κ3) is 3.94. The average molecular weight is 314 g/mol. The van der Waals surface area contributed by atoms with Crippen LogP contribution in [0.5, 0.6) is 0 Å². The number of aromatic nitrogens is 2. The number of nitrogens with zero attached hydrogens (tertiary/aromatic N) is 2. The highest BCUT2D eigenvalue weighted by Gasteiger charge is 2.27. The Labute approximate surface area is 114 Å². The topological polar surface area (TPSA) is 64.1 Å². The minimum atomic E-state index is -0.194. The van der Waals surface area contributed by atoms with Crippen LogP contribution in [0.25, 0.3) is 0 Å². The van der Waals surface area contributed by atoms with E-state index in [-0.39, 0.29) is 5.97 Å². The molecular formula is C12H16BrN3O2. The highest BCUT2D eigenvalue weighted by molar-refractivity contribution is 9.10. The van der Waals surface area contributed by atoms with E-state index < -0.39 is 0 Å². The highest BCUT2D eigenvalue weighted by Crippen LogP contribution is 2.38. The van der Waals surface area contributed by atoms with E-state index in [1.54, 1.807) is 6.92 Å². The Morgan fingerprint density at radius 1 is 1.56 bits per heavy atom. The molecule has 98 valence electrons. The molecule has 6 heteroatoms. The van der Waals surface area contributed by atoms with Crippen LogP contribution in [0.15, 0.2) is 10.7 Å². The fourth-order valence-corrected chi connectivity index (χ4v) is 1.97. The van der Waals surface area contributed by atoms with Gasteiger partial charge in [-0.05, 0) is 35.7 Å². The van der Waals surface area contributed by atoms with Crippen LogP contribution in [0, 0.1) is 0 Å². The summed E-state index contributed by atoms with van der Waals surface area (Å²) in [4.78, 5) is 20.0. The second kappa shape index (κ2) is 6.13. The zero-order chi connectivity index (χ0) is 13.0. The number of esters is 1. The van der Waals surface area contributed by atoms with Crippen molar-refractivity contribution in [3.8, 4) is 0 Å². The third-order valence-corrected chi connectivity index (χ3v) is 3.00. The zero-order valence-electron chi connectivity index (χ0n) is 10.3. The van der Waals surface area contributed by atoms with Gasteiger partial charge in [0.2, 0.25) is 0 Å². The van der Waals surface area contributed by atoms with Crippen LogP contribution < -0.4 is 5.32 Å². The summed E-state index contributed by atoms with van der Waals surface area (Å²) in [5.74, 6) is 1.94. The van der Waals surface area contributed by atoms with Gasteiger partial charge in [0.25, 0.3) is 0 Å². The van der Waals surface area contributed by atoms with Crippen molar-refractivity contribution in [3.05, 3.63) is 16.5 Å². The molecule has 1 aromatic rings. The van der Waals surface area contributed by atoms with Crippen molar-refractivity contribution < 1.29 is 9.53 Å². The predicted molar refractivity (Wildman–Crippen MR) is 71.4 cm³/mol. The lowest BCUT2D eigenvalue weighted by Crippen LogP contribution is -2.12. The van der Waals surface area contributed by atoms with Crippen LogP contribution in [0.4, 0.5) is 5.82 Å². The minimum Gasteiger partial charge on any atom is -0.466 e. The van der Waals surface area contributed by atoms with Gasteiger partial charge in [0.05, 0.1) is 13.0 Å². The maximum absolute atomic E-state index is 11.2. The van der Waals surface area contributed by atoms with Crippen molar-refractivity contribution >= 4 is 27.7 Å². The molecule has 1 aliphatic carbocycles. The molecule has 1 saturated carbocycles. The Balaban J connectivity index is 1.86. The van der Waals surface area contributed by atoms with Crippen LogP contribution >= 0.6 is 15.9 Å². The van der Waals surface area contributed by atoms with Crippen molar-refractivity contribution in [2.24, 2.45) is 0 Å². The Hall–Kier alpha value is -1.17. The molecule has 0 saturated heterocycles. The summed E-state index contributed by atoms with van der Waals surface area (Å²) in [6, 6.07) is 1.82. The lowest BCUT2D eigenvalue weighted by molar-refractivity contribution is -0.142. The van der Waals surface area contributed by atoms with Gasteiger partial charge in [-0.3, -0.25) is 4.79 Å². The van der Waals surface area contributed by atoms with Crippen molar-refractivity contribution in [2.45, 2.75) is 32.1 Å². The number of hydrogen-bond donors (Lipinski definition) is 1. The van der Waals surface area contributed by atoms with Crippen molar-refractivity contribution in [1.29, 1.82) is 0 Å². The standard InChI is InChI=1S/C12H16BrN3O2/c1-2-18-11(17)5-6-14-10-7-9(13)15-12(16-10)8-3-4-8/h7-8H,2-6H2,1H3,(H,14,15,16).